The summed E-state index contributed by atoms with van der Waals surface area (Å²) in [5.41, 5.74) is 0.917. The van der Waals surface area contributed by atoms with E-state index in [0.29, 0.717) is 29.2 Å². The zero-order valence-electron chi connectivity index (χ0n) is 15.5. The summed E-state index contributed by atoms with van der Waals surface area (Å²) in [7, 11) is 0. The Balaban J connectivity index is 1.60. The summed E-state index contributed by atoms with van der Waals surface area (Å²) in [4.78, 5) is 34.5. The number of rotatable bonds is 8. The van der Waals surface area contributed by atoms with Gasteiger partial charge in [-0.05, 0) is 55.5 Å². The highest BCUT2D eigenvalue weighted by Gasteiger charge is 2.17. The third-order valence-electron chi connectivity index (χ3n) is 3.99. The first-order chi connectivity index (χ1) is 14.0. The quantitative estimate of drug-likeness (QED) is 0.242. The van der Waals surface area contributed by atoms with Gasteiger partial charge in [0.25, 0.3) is 5.69 Å². The molecule has 0 fully saturated rings. The van der Waals surface area contributed by atoms with Gasteiger partial charge in [-0.2, -0.15) is 0 Å². The van der Waals surface area contributed by atoms with E-state index in [1.807, 2.05) is 6.92 Å². The summed E-state index contributed by atoms with van der Waals surface area (Å²) in [6.45, 7) is 1.95. The number of nitrogens with zero attached hydrogens (tertiary/aromatic N) is 1. The predicted molar refractivity (Wildman–Crippen MR) is 103 cm³/mol. The minimum Gasteiger partial charge on any atom is -0.494 e. The molecule has 1 heterocycles. The molecular weight excluding hydrogens is 378 g/mol. The van der Waals surface area contributed by atoms with Crippen LogP contribution in [0.4, 0.5) is 5.69 Å². The fraction of sp³-hybridized carbons (Fsp3) is 0.143. The number of ether oxygens (including phenoxy) is 2. The number of carbonyl (C=O) groups excluding carboxylic acids is 2. The van der Waals surface area contributed by atoms with E-state index < -0.39 is 17.5 Å². The van der Waals surface area contributed by atoms with Gasteiger partial charge >= 0.3 is 5.97 Å². The van der Waals surface area contributed by atoms with Gasteiger partial charge in [-0.15, -0.1) is 0 Å². The molecule has 3 aromatic rings. The van der Waals surface area contributed by atoms with Crippen molar-refractivity contribution in [2.75, 3.05) is 13.2 Å². The monoisotopic (exact) mass is 395 g/mol. The van der Waals surface area contributed by atoms with Crippen molar-refractivity contribution in [3.05, 3.63) is 82.1 Å². The molecule has 3 rings (SSSR count). The van der Waals surface area contributed by atoms with Gasteiger partial charge in [-0.25, -0.2) is 4.79 Å². The Morgan fingerprint density at radius 1 is 1.00 bits per heavy atom. The first-order valence-corrected chi connectivity index (χ1v) is 8.75. The van der Waals surface area contributed by atoms with Crippen LogP contribution in [0.3, 0.4) is 0 Å². The van der Waals surface area contributed by atoms with Crippen molar-refractivity contribution in [2.24, 2.45) is 0 Å². The fourth-order valence-electron chi connectivity index (χ4n) is 2.54. The third kappa shape index (κ3) is 4.86. The Morgan fingerprint density at radius 3 is 2.31 bits per heavy atom. The zero-order valence-corrected chi connectivity index (χ0v) is 15.5. The van der Waals surface area contributed by atoms with Gasteiger partial charge in [0, 0.05) is 23.3 Å². The number of ketones is 1. The van der Waals surface area contributed by atoms with Crippen molar-refractivity contribution in [1.82, 2.24) is 0 Å². The SMILES string of the molecule is CCOc1ccc(C(=O)COC(=O)c2ccc(-c3ccc([N+](=O)[O-])cc3)o2)cc1. The van der Waals surface area contributed by atoms with Gasteiger partial charge in [0.1, 0.15) is 11.5 Å². The van der Waals surface area contributed by atoms with Gasteiger partial charge in [0.05, 0.1) is 11.5 Å². The van der Waals surface area contributed by atoms with Crippen LogP contribution in [0.15, 0.2) is 65.1 Å². The van der Waals surface area contributed by atoms with Crippen LogP contribution in [0.1, 0.15) is 27.8 Å². The minimum atomic E-state index is -0.780. The van der Waals surface area contributed by atoms with E-state index in [9.17, 15) is 19.7 Å². The molecule has 0 spiro atoms. The van der Waals surface area contributed by atoms with Crippen molar-refractivity contribution in [2.45, 2.75) is 6.92 Å². The number of non-ortho nitro benzene ring substituents is 1. The number of hydrogen-bond acceptors (Lipinski definition) is 7. The van der Waals surface area contributed by atoms with Crippen molar-refractivity contribution in [3.8, 4) is 17.1 Å². The van der Waals surface area contributed by atoms with Gasteiger partial charge in [-0.1, -0.05) is 0 Å². The smallest absolute Gasteiger partial charge is 0.374 e. The second-order valence-corrected chi connectivity index (χ2v) is 5.92. The molecule has 0 aliphatic rings. The Bertz CT molecular complexity index is 1020. The number of nitro benzene ring substituents is 1. The van der Waals surface area contributed by atoms with Crippen LogP contribution in [0.25, 0.3) is 11.3 Å². The molecule has 0 saturated heterocycles. The molecule has 0 unspecified atom stereocenters. The minimum absolute atomic E-state index is 0.0484. The Morgan fingerprint density at radius 2 is 1.69 bits per heavy atom. The molecule has 2 aromatic carbocycles. The normalized spacial score (nSPS) is 10.4. The van der Waals surface area contributed by atoms with Crippen molar-refractivity contribution < 1.29 is 28.4 Å². The molecule has 1 aromatic heterocycles. The van der Waals surface area contributed by atoms with E-state index in [1.165, 1.54) is 30.3 Å². The molecule has 8 heteroatoms. The summed E-state index contributed by atoms with van der Waals surface area (Å²) < 4.78 is 15.8. The lowest BCUT2D eigenvalue weighted by molar-refractivity contribution is -0.384. The number of hydrogen-bond donors (Lipinski definition) is 0. The largest absolute Gasteiger partial charge is 0.494 e. The molecule has 0 N–H and O–H groups in total. The molecule has 0 saturated carbocycles. The molecule has 0 aliphatic heterocycles. The van der Waals surface area contributed by atoms with Crippen LogP contribution in [0.5, 0.6) is 5.75 Å². The van der Waals surface area contributed by atoms with E-state index in [0.717, 1.165) is 0 Å². The van der Waals surface area contributed by atoms with Crippen LogP contribution in [0, 0.1) is 10.1 Å². The van der Waals surface area contributed by atoms with E-state index in [-0.39, 0.29) is 17.2 Å². The number of Topliss-reactive ketones (excluding diaryl/α,β-unsaturated/α-hetero) is 1. The Kier molecular flexibility index (Phi) is 6.03. The van der Waals surface area contributed by atoms with Gasteiger partial charge < -0.3 is 13.9 Å². The van der Waals surface area contributed by atoms with Crippen LogP contribution in [0.2, 0.25) is 0 Å². The number of furan rings is 1. The van der Waals surface area contributed by atoms with Crippen molar-refractivity contribution in [1.29, 1.82) is 0 Å². The van der Waals surface area contributed by atoms with Gasteiger partial charge in [-0.3, -0.25) is 14.9 Å². The molecular formula is C21H17NO7. The summed E-state index contributed by atoms with van der Waals surface area (Å²) in [5.74, 6) is -0.209. The van der Waals surface area contributed by atoms with Gasteiger partial charge in [0.15, 0.2) is 12.4 Å². The summed E-state index contributed by atoms with van der Waals surface area (Å²) in [6, 6.07) is 15.2. The highest BCUT2D eigenvalue weighted by Crippen LogP contribution is 2.25. The topological polar surface area (TPSA) is 109 Å². The van der Waals surface area contributed by atoms with Crippen LogP contribution in [-0.2, 0) is 4.74 Å². The van der Waals surface area contributed by atoms with Crippen LogP contribution < -0.4 is 4.74 Å². The molecule has 0 radical (unpaired) electrons. The maximum atomic E-state index is 12.2. The standard InChI is InChI=1S/C21H17NO7/c1-2-27-17-9-5-14(6-10-17)18(23)13-28-21(24)20-12-11-19(29-20)15-3-7-16(8-4-15)22(25)26/h3-12H,2,13H2,1H3. The molecule has 8 nitrogen and oxygen atoms in total. The second-order valence-electron chi connectivity index (χ2n) is 5.92. The van der Waals surface area contributed by atoms with E-state index in [4.69, 9.17) is 13.9 Å². The van der Waals surface area contributed by atoms with E-state index in [1.54, 1.807) is 30.3 Å². The van der Waals surface area contributed by atoms with Crippen LogP contribution >= 0.6 is 0 Å². The van der Waals surface area contributed by atoms with Crippen molar-refractivity contribution >= 4 is 17.4 Å². The highest BCUT2D eigenvalue weighted by molar-refractivity contribution is 5.99. The lowest BCUT2D eigenvalue weighted by Gasteiger charge is -2.05. The predicted octanol–water partition coefficient (Wildman–Crippen LogP) is 4.29. The third-order valence-corrected chi connectivity index (χ3v) is 3.99. The maximum Gasteiger partial charge on any atom is 0.374 e. The lowest BCUT2D eigenvalue weighted by Crippen LogP contribution is -2.13. The molecule has 29 heavy (non-hydrogen) atoms. The molecule has 0 aliphatic carbocycles. The van der Waals surface area contributed by atoms with Crippen molar-refractivity contribution in [3.63, 3.8) is 0 Å². The number of esters is 1. The number of carbonyl (C=O) groups is 2. The second kappa shape index (κ2) is 8.83. The number of benzene rings is 2. The zero-order chi connectivity index (χ0) is 20.8. The molecule has 0 bridgehead atoms. The highest BCUT2D eigenvalue weighted by atomic mass is 16.6. The lowest BCUT2D eigenvalue weighted by atomic mass is 10.1. The summed E-state index contributed by atoms with van der Waals surface area (Å²) in [6.07, 6.45) is 0. The maximum absolute atomic E-state index is 12.2. The first-order valence-electron chi connectivity index (χ1n) is 8.75. The average Bonchev–Trinajstić information content (AvgIpc) is 3.23. The molecule has 0 atom stereocenters. The Labute approximate surface area is 165 Å². The molecule has 148 valence electrons. The Hall–Kier alpha value is -3.94. The van der Waals surface area contributed by atoms with Gasteiger partial charge in [0.2, 0.25) is 5.76 Å². The number of nitro groups is 1. The summed E-state index contributed by atoms with van der Waals surface area (Å²) in [5, 5.41) is 10.7. The fourth-order valence-corrected chi connectivity index (χ4v) is 2.54. The first kappa shape index (κ1) is 19.8. The van der Waals surface area contributed by atoms with E-state index in [2.05, 4.69) is 0 Å². The van der Waals surface area contributed by atoms with Crippen LogP contribution in [-0.4, -0.2) is 29.9 Å². The van der Waals surface area contributed by atoms with E-state index >= 15 is 0 Å². The molecule has 0 amide bonds. The average molecular weight is 395 g/mol. The summed E-state index contributed by atoms with van der Waals surface area (Å²) >= 11 is 0.